The van der Waals surface area contributed by atoms with Crippen molar-refractivity contribution >= 4 is 72.4 Å². The number of nitrogens with zero attached hydrogens (tertiary/aromatic N) is 2. The van der Waals surface area contributed by atoms with Gasteiger partial charge in [-0.05, 0) is 98.7 Å². The van der Waals surface area contributed by atoms with Crippen LogP contribution in [0.2, 0.25) is 0 Å². The van der Waals surface area contributed by atoms with Crippen LogP contribution in [-0.2, 0) is 0 Å². The number of hydrogen-bond donors (Lipinski definition) is 0. The second-order valence-electron chi connectivity index (χ2n) is 17.5. The van der Waals surface area contributed by atoms with Crippen LogP contribution >= 0.6 is 0 Å². The lowest BCUT2D eigenvalue weighted by Gasteiger charge is -2.34. The SMILES string of the molecule is c1ccc([Si](c2ccccc2)(c2ccccc2)c2cccc(-c3cccc(-n4c5ccccc5c5cccc(-n6c7ccccc7c7cc(C8CCCCC8)ccc76)c54)c3)c2)cc1. The van der Waals surface area contributed by atoms with Crippen molar-refractivity contribution < 1.29 is 0 Å². The number of para-hydroxylation sites is 3. The van der Waals surface area contributed by atoms with Crippen molar-refractivity contribution in [3.05, 3.63) is 230 Å². The Morgan fingerprint density at radius 3 is 1.52 bits per heavy atom. The Morgan fingerprint density at radius 1 is 0.349 bits per heavy atom. The number of rotatable bonds is 8. The van der Waals surface area contributed by atoms with E-state index in [1.165, 1.54) is 119 Å². The Bertz CT molecular complexity index is 3330. The molecule has 1 saturated carbocycles. The quantitative estimate of drug-likeness (QED) is 0.107. The summed E-state index contributed by atoms with van der Waals surface area (Å²) in [5.74, 6) is 0.651. The summed E-state index contributed by atoms with van der Waals surface area (Å²) in [6, 6.07) is 84.4. The highest BCUT2D eigenvalue weighted by molar-refractivity contribution is 7.19. The molecule has 0 atom stereocenters. The molecule has 63 heavy (non-hydrogen) atoms. The van der Waals surface area contributed by atoms with Gasteiger partial charge in [0.05, 0.1) is 27.8 Å². The van der Waals surface area contributed by atoms with Gasteiger partial charge in [0.2, 0.25) is 0 Å². The Hall–Kier alpha value is -7.20. The molecule has 0 unspecified atom stereocenters. The minimum atomic E-state index is -2.71. The molecule has 0 saturated heterocycles. The highest BCUT2D eigenvalue weighted by Gasteiger charge is 2.41. The second-order valence-corrected chi connectivity index (χ2v) is 21.3. The summed E-state index contributed by atoms with van der Waals surface area (Å²) in [5.41, 5.74) is 11.2. The molecule has 9 aromatic carbocycles. The largest absolute Gasteiger partial charge is 0.307 e. The maximum atomic E-state index is 2.53. The number of aromatic nitrogens is 2. The summed E-state index contributed by atoms with van der Waals surface area (Å²) < 4.78 is 5.04. The molecule has 1 aliphatic rings. The third-order valence-corrected chi connectivity index (χ3v) is 18.8. The molecule has 1 fully saturated rings. The Kier molecular flexibility index (Phi) is 9.30. The average Bonchev–Trinajstić information content (AvgIpc) is 3.89. The normalized spacial score (nSPS) is 13.7. The van der Waals surface area contributed by atoms with Gasteiger partial charge < -0.3 is 9.13 Å². The molecule has 0 spiro atoms. The Balaban J connectivity index is 1.06. The summed E-state index contributed by atoms with van der Waals surface area (Å²) >= 11 is 0. The van der Waals surface area contributed by atoms with E-state index in [4.69, 9.17) is 0 Å². The van der Waals surface area contributed by atoms with Crippen molar-refractivity contribution in [1.29, 1.82) is 0 Å². The standard InChI is InChI=1S/C60H48N2Si/c1-5-20-43(21-6-1)46-38-39-58-55(42-46)53-33-14-16-36-57(53)62(58)59-37-19-34-54-52-32-13-15-35-56(52)61(60(54)59)47-24-17-22-44(40-47)45-23-18-31-51(41-45)63(48-25-7-2-8-26-48,49-27-9-3-10-28-49)50-29-11-4-12-30-50/h2-4,7-19,22-43H,1,5-6,20-21H2. The van der Waals surface area contributed by atoms with E-state index >= 15 is 0 Å². The summed E-state index contributed by atoms with van der Waals surface area (Å²) in [6.07, 6.45) is 6.62. The van der Waals surface area contributed by atoms with Crippen molar-refractivity contribution in [2.75, 3.05) is 0 Å². The Morgan fingerprint density at radius 2 is 0.857 bits per heavy atom. The van der Waals surface area contributed by atoms with E-state index in [9.17, 15) is 0 Å². The lowest BCUT2D eigenvalue weighted by atomic mass is 9.84. The molecule has 2 nitrogen and oxygen atoms in total. The fourth-order valence-corrected chi connectivity index (χ4v) is 16.0. The molecule has 2 heterocycles. The first-order valence-corrected chi connectivity index (χ1v) is 24.7. The smallest absolute Gasteiger partial charge is 0.179 e. The maximum Gasteiger partial charge on any atom is 0.179 e. The van der Waals surface area contributed by atoms with Crippen LogP contribution in [0.1, 0.15) is 43.6 Å². The summed E-state index contributed by atoms with van der Waals surface area (Å²) in [4.78, 5) is 0. The van der Waals surface area contributed by atoms with Gasteiger partial charge in [0.1, 0.15) is 0 Å². The van der Waals surface area contributed by atoms with E-state index in [-0.39, 0.29) is 0 Å². The van der Waals surface area contributed by atoms with E-state index in [2.05, 4.69) is 234 Å². The summed E-state index contributed by atoms with van der Waals surface area (Å²) in [6.45, 7) is 0. The minimum Gasteiger partial charge on any atom is -0.307 e. The van der Waals surface area contributed by atoms with E-state index in [0.717, 1.165) is 5.69 Å². The third-order valence-electron chi connectivity index (χ3n) is 14.0. The fraction of sp³-hybridized carbons (Fsp3) is 0.100. The maximum absolute atomic E-state index is 2.71. The van der Waals surface area contributed by atoms with Crippen LogP contribution < -0.4 is 20.7 Å². The van der Waals surface area contributed by atoms with Crippen LogP contribution in [0, 0.1) is 0 Å². The summed E-state index contributed by atoms with van der Waals surface area (Å²) in [7, 11) is -2.71. The first kappa shape index (κ1) is 37.5. The predicted octanol–water partition coefficient (Wildman–Crippen LogP) is 13.0. The number of fused-ring (bicyclic) bond motifs is 6. The van der Waals surface area contributed by atoms with Gasteiger partial charge >= 0.3 is 0 Å². The molecule has 0 aliphatic heterocycles. The van der Waals surface area contributed by atoms with Crippen LogP contribution in [0.15, 0.2) is 224 Å². The van der Waals surface area contributed by atoms with E-state index < -0.39 is 8.07 Å². The van der Waals surface area contributed by atoms with Crippen LogP contribution in [0.3, 0.4) is 0 Å². The van der Waals surface area contributed by atoms with E-state index in [1.54, 1.807) is 0 Å². The lowest BCUT2D eigenvalue weighted by molar-refractivity contribution is 0.444. The van der Waals surface area contributed by atoms with Crippen LogP contribution in [-0.4, -0.2) is 17.2 Å². The first-order chi connectivity index (χ1) is 31.3. The zero-order valence-electron chi connectivity index (χ0n) is 35.4. The topological polar surface area (TPSA) is 9.86 Å². The van der Waals surface area contributed by atoms with Gasteiger partial charge in [0.15, 0.2) is 8.07 Å². The van der Waals surface area contributed by atoms with Gasteiger partial charge in [0, 0.05) is 27.2 Å². The molecule has 0 N–H and O–H groups in total. The van der Waals surface area contributed by atoms with Gasteiger partial charge in [-0.15, -0.1) is 0 Å². The zero-order chi connectivity index (χ0) is 41.7. The molecule has 3 heteroatoms. The monoisotopic (exact) mass is 824 g/mol. The molecule has 302 valence electrons. The van der Waals surface area contributed by atoms with Crippen LogP contribution in [0.5, 0.6) is 0 Å². The van der Waals surface area contributed by atoms with E-state index in [0.29, 0.717) is 5.92 Å². The number of benzene rings is 9. The van der Waals surface area contributed by atoms with Crippen LogP contribution in [0.4, 0.5) is 0 Å². The molecule has 2 aromatic heterocycles. The number of hydrogen-bond acceptors (Lipinski definition) is 0. The van der Waals surface area contributed by atoms with Crippen molar-refractivity contribution in [1.82, 2.24) is 9.13 Å². The highest BCUT2D eigenvalue weighted by atomic mass is 28.3. The minimum absolute atomic E-state index is 0.651. The van der Waals surface area contributed by atoms with Gasteiger partial charge in [-0.25, -0.2) is 0 Å². The van der Waals surface area contributed by atoms with Crippen molar-refractivity contribution in [2.45, 2.75) is 38.0 Å². The molecular formula is C60H48N2Si. The van der Waals surface area contributed by atoms with Gasteiger partial charge in [0.25, 0.3) is 0 Å². The average molecular weight is 825 g/mol. The molecule has 11 aromatic rings. The molecular weight excluding hydrogens is 777 g/mol. The molecule has 0 radical (unpaired) electrons. The molecule has 0 amide bonds. The second kappa shape index (κ2) is 15.6. The lowest BCUT2D eigenvalue weighted by Crippen LogP contribution is -2.74. The van der Waals surface area contributed by atoms with Crippen molar-refractivity contribution in [3.8, 4) is 22.5 Å². The highest BCUT2D eigenvalue weighted by Crippen LogP contribution is 2.42. The molecule has 0 bridgehead atoms. The molecule has 12 rings (SSSR count). The van der Waals surface area contributed by atoms with Crippen LogP contribution in [0.25, 0.3) is 66.1 Å². The van der Waals surface area contributed by atoms with Gasteiger partial charge in [-0.3, -0.25) is 0 Å². The summed E-state index contributed by atoms with van der Waals surface area (Å²) in [5, 5.41) is 10.7. The Labute approximate surface area is 370 Å². The van der Waals surface area contributed by atoms with Gasteiger partial charge in [-0.2, -0.15) is 0 Å². The van der Waals surface area contributed by atoms with Gasteiger partial charge in [-0.1, -0.05) is 201 Å². The first-order valence-electron chi connectivity index (χ1n) is 22.7. The third kappa shape index (κ3) is 6.13. The molecule has 1 aliphatic carbocycles. The fourth-order valence-electron chi connectivity index (χ4n) is 11.2. The van der Waals surface area contributed by atoms with Crippen molar-refractivity contribution in [2.24, 2.45) is 0 Å². The zero-order valence-corrected chi connectivity index (χ0v) is 36.4. The van der Waals surface area contributed by atoms with Crippen molar-refractivity contribution in [3.63, 3.8) is 0 Å². The van der Waals surface area contributed by atoms with E-state index in [1.807, 2.05) is 0 Å². The predicted molar refractivity (Wildman–Crippen MR) is 270 cm³/mol.